The molecule has 1 aromatic rings. The number of phenols is 1. The summed E-state index contributed by atoms with van der Waals surface area (Å²) in [5, 5.41) is 38.0. The fraction of sp³-hybridized carbons (Fsp3) is 0.462. The highest BCUT2D eigenvalue weighted by molar-refractivity contribution is 5.89. The van der Waals surface area contributed by atoms with Gasteiger partial charge >= 0.3 is 5.97 Å². The van der Waals surface area contributed by atoms with Crippen molar-refractivity contribution in [2.75, 3.05) is 0 Å². The van der Waals surface area contributed by atoms with Crippen LogP contribution in [0.15, 0.2) is 24.3 Å². The molecule has 1 aliphatic rings. The second-order valence-electron chi connectivity index (χ2n) is 4.63. The molecule has 1 fully saturated rings. The third-order valence-corrected chi connectivity index (χ3v) is 3.13. The summed E-state index contributed by atoms with van der Waals surface area (Å²) < 4.78 is 10.1. The summed E-state index contributed by atoms with van der Waals surface area (Å²) in [5.74, 6) is -0.771. The summed E-state index contributed by atoms with van der Waals surface area (Å²) >= 11 is 0. The summed E-state index contributed by atoms with van der Waals surface area (Å²) in [6.45, 7) is 1.49. The highest BCUT2D eigenvalue weighted by Gasteiger charge is 2.43. The van der Waals surface area contributed by atoms with Crippen molar-refractivity contribution in [1.29, 1.82) is 0 Å². The van der Waals surface area contributed by atoms with Crippen molar-refractivity contribution >= 4 is 5.97 Å². The van der Waals surface area contributed by atoms with Crippen LogP contribution in [0.5, 0.6) is 5.75 Å². The number of aliphatic hydroxyl groups excluding tert-OH is 3. The largest absolute Gasteiger partial charge is 0.508 e. The van der Waals surface area contributed by atoms with E-state index in [0.717, 1.165) is 0 Å². The van der Waals surface area contributed by atoms with Crippen LogP contribution in [0.4, 0.5) is 0 Å². The van der Waals surface area contributed by atoms with Crippen LogP contribution in [0.2, 0.25) is 0 Å². The van der Waals surface area contributed by atoms with Crippen molar-refractivity contribution in [3.8, 4) is 5.75 Å². The molecule has 0 spiro atoms. The normalized spacial score (nSPS) is 33.7. The van der Waals surface area contributed by atoms with Crippen molar-refractivity contribution in [1.82, 2.24) is 0 Å². The molecule has 0 amide bonds. The van der Waals surface area contributed by atoms with E-state index in [1.54, 1.807) is 0 Å². The number of carbonyl (C=O) groups excluding carboxylic acids is 1. The number of esters is 1. The van der Waals surface area contributed by atoms with Crippen LogP contribution in [0.25, 0.3) is 0 Å². The summed E-state index contributed by atoms with van der Waals surface area (Å²) in [7, 11) is 0. The molecule has 7 nitrogen and oxygen atoms in total. The zero-order chi connectivity index (χ0) is 14.9. The maximum Gasteiger partial charge on any atom is 0.340 e. The third-order valence-electron chi connectivity index (χ3n) is 3.13. The average molecular weight is 284 g/mol. The number of hydrogen-bond acceptors (Lipinski definition) is 7. The molecule has 0 unspecified atom stereocenters. The molecule has 1 aromatic carbocycles. The van der Waals surface area contributed by atoms with Gasteiger partial charge in [0.15, 0.2) is 0 Å². The Morgan fingerprint density at radius 3 is 2.30 bits per heavy atom. The molecule has 1 saturated heterocycles. The topological polar surface area (TPSA) is 116 Å². The van der Waals surface area contributed by atoms with Crippen molar-refractivity contribution < 1.29 is 34.7 Å². The standard InChI is InChI=1S/C13H16O7/c1-6-9(15)10(16)11(17)13(19-6)20-12(18)7-2-4-8(14)5-3-7/h2-6,9-11,13-17H,1H3/t6-,9-,10+,11+,13-/m1/s1. The summed E-state index contributed by atoms with van der Waals surface area (Å²) in [4.78, 5) is 11.8. The van der Waals surface area contributed by atoms with Gasteiger partial charge in [-0.2, -0.15) is 0 Å². The lowest BCUT2D eigenvalue weighted by molar-refractivity contribution is -0.276. The van der Waals surface area contributed by atoms with Gasteiger partial charge in [-0.1, -0.05) is 0 Å². The van der Waals surface area contributed by atoms with Gasteiger partial charge in [0.05, 0.1) is 11.7 Å². The smallest absolute Gasteiger partial charge is 0.340 e. The molecular weight excluding hydrogens is 268 g/mol. The monoisotopic (exact) mass is 284 g/mol. The van der Waals surface area contributed by atoms with Crippen LogP contribution in [0, 0.1) is 0 Å². The molecule has 7 heteroatoms. The van der Waals surface area contributed by atoms with Gasteiger partial charge in [-0.25, -0.2) is 4.79 Å². The van der Waals surface area contributed by atoms with E-state index in [9.17, 15) is 20.1 Å². The van der Waals surface area contributed by atoms with Gasteiger partial charge in [-0.05, 0) is 31.2 Å². The number of carbonyl (C=O) groups is 1. The van der Waals surface area contributed by atoms with Gasteiger partial charge in [0.2, 0.25) is 6.29 Å². The Bertz CT molecular complexity index is 472. The Hall–Kier alpha value is -1.67. The van der Waals surface area contributed by atoms with Gasteiger partial charge in [0.25, 0.3) is 0 Å². The van der Waals surface area contributed by atoms with Crippen LogP contribution < -0.4 is 0 Å². The maximum atomic E-state index is 11.8. The minimum atomic E-state index is -1.54. The first-order valence-corrected chi connectivity index (χ1v) is 6.10. The number of ether oxygens (including phenoxy) is 2. The van der Waals surface area contributed by atoms with Crippen molar-refractivity contribution in [3.63, 3.8) is 0 Å². The number of aromatic hydroxyl groups is 1. The Kier molecular flexibility index (Phi) is 4.24. The molecule has 0 radical (unpaired) electrons. The maximum absolute atomic E-state index is 11.8. The predicted molar refractivity (Wildman–Crippen MR) is 65.9 cm³/mol. The lowest BCUT2D eigenvalue weighted by Crippen LogP contribution is -2.57. The molecule has 2 rings (SSSR count). The fourth-order valence-electron chi connectivity index (χ4n) is 1.88. The van der Waals surface area contributed by atoms with Gasteiger partial charge in [-0.3, -0.25) is 0 Å². The molecule has 110 valence electrons. The molecule has 5 atom stereocenters. The number of hydrogen-bond donors (Lipinski definition) is 4. The van der Waals surface area contributed by atoms with Gasteiger partial charge in [0.1, 0.15) is 24.1 Å². The van der Waals surface area contributed by atoms with E-state index in [1.807, 2.05) is 0 Å². The van der Waals surface area contributed by atoms with Crippen molar-refractivity contribution in [2.24, 2.45) is 0 Å². The van der Waals surface area contributed by atoms with E-state index in [2.05, 4.69) is 0 Å². The molecule has 0 aliphatic carbocycles. The first-order chi connectivity index (χ1) is 9.40. The van der Waals surface area contributed by atoms with Crippen LogP contribution in [0.3, 0.4) is 0 Å². The summed E-state index contributed by atoms with van der Waals surface area (Å²) in [6, 6.07) is 5.33. The van der Waals surface area contributed by atoms with Crippen molar-refractivity contribution in [3.05, 3.63) is 29.8 Å². The molecule has 4 N–H and O–H groups in total. The van der Waals surface area contributed by atoms with E-state index in [0.29, 0.717) is 0 Å². The zero-order valence-electron chi connectivity index (χ0n) is 10.7. The van der Waals surface area contributed by atoms with Crippen LogP contribution in [-0.2, 0) is 9.47 Å². The molecule has 0 bridgehead atoms. The minimum Gasteiger partial charge on any atom is -0.508 e. The van der Waals surface area contributed by atoms with E-state index in [1.165, 1.54) is 31.2 Å². The molecule has 20 heavy (non-hydrogen) atoms. The lowest BCUT2D eigenvalue weighted by atomic mass is 10.00. The lowest BCUT2D eigenvalue weighted by Gasteiger charge is -2.38. The first-order valence-electron chi connectivity index (χ1n) is 6.10. The SMILES string of the molecule is C[C@H]1O[C@H](OC(=O)c2ccc(O)cc2)[C@@H](O)[C@@H](O)[C@@H]1O. The predicted octanol–water partition coefficient (Wildman–Crippen LogP) is -0.624. The fourth-order valence-corrected chi connectivity index (χ4v) is 1.88. The highest BCUT2D eigenvalue weighted by Crippen LogP contribution is 2.23. The number of phenolic OH excluding ortho intramolecular Hbond substituents is 1. The highest BCUT2D eigenvalue weighted by atomic mass is 16.7. The number of rotatable bonds is 2. The quantitative estimate of drug-likeness (QED) is 0.535. The molecule has 0 aromatic heterocycles. The zero-order valence-corrected chi connectivity index (χ0v) is 10.7. The third kappa shape index (κ3) is 2.91. The van der Waals surface area contributed by atoms with E-state index < -0.39 is 36.7 Å². The van der Waals surface area contributed by atoms with E-state index in [4.69, 9.17) is 14.6 Å². The van der Waals surface area contributed by atoms with Crippen LogP contribution >= 0.6 is 0 Å². The van der Waals surface area contributed by atoms with Crippen molar-refractivity contribution in [2.45, 2.75) is 37.6 Å². The Balaban J connectivity index is 2.05. The van der Waals surface area contributed by atoms with Gasteiger partial charge < -0.3 is 29.9 Å². The number of aliphatic hydroxyl groups is 3. The second kappa shape index (κ2) is 5.76. The first kappa shape index (κ1) is 14.7. The van der Waals surface area contributed by atoms with Gasteiger partial charge in [0, 0.05) is 0 Å². The molecule has 1 aliphatic heterocycles. The van der Waals surface area contributed by atoms with E-state index >= 15 is 0 Å². The minimum absolute atomic E-state index is 0.00247. The molecule has 0 saturated carbocycles. The van der Waals surface area contributed by atoms with Crippen LogP contribution in [-0.4, -0.2) is 57.1 Å². The summed E-state index contributed by atoms with van der Waals surface area (Å²) in [5.41, 5.74) is 0.159. The van der Waals surface area contributed by atoms with E-state index in [-0.39, 0.29) is 11.3 Å². The second-order valence-corrected chi connectivity index (χ2v) is 4.63. The van der Waals surface area contributed by atoms with Gasteiger partial charge in [-0.15, -0.1) is 0 Å². The molecular formula is C13H16O7. The Morgan fingerprint density at radius 2 is 1.70 bits per heavy atom. The van der Waals surface area contributed by atoms with Crippen LogP contribution in [0.1, 0.15) is 17.3 Å². The Morgan fingerprint density at radius 1 is 1.10 bits per heavy atom. The average Bonchev–Trinajstić information content (AvgIpc) is 2.43. The summed E-state index contributed by atoms with van der Waals surface area (Å²) in [6.07, 6.45) is -6.41. The number of benzene rings is 1. The molecule has 1 heterocycles. The Labute approximate surface area is 115 Å².